The Bertz CT molecular complexity index is 540. The number of hydrogen-bond acceptors (Lipinski definition) is 4. The summed E-state index contributed by atoms with van der Waals surface area (Å²) in [5.74, 6) is 1.71. The van der Waals surface area contributed by atoms with Crippen molar-refractivity contribution in [1.82, 2.24) is 4.31 Å². The molecule has 2 N–H and O–H groups in total. The molecule has 5 nitrogen and oxygen atoms in total. The van der Waals surface area contributed by atoms with E-state index in [1.54, 1.807) is 17.3 Å². The highest BCUT2D eigenvalue weighted by molar-refractivity contribution is 7.89. The summed E-state index contributed by atoms with van der Waals surface area (Å²) < 4.78 is 32.2. The lowest BCUT2D eigenvalue weighted by atomic mass is 9.94. The molecule has 1 aliphatic rings. The van der Waals surface area contributed by atoms with Crippen molar-refractivity contribution < 1.29 is 12.8 Å². The van der Waals surface area contributed by atoms with Gasteiger partial charge in [-0.05, 0) is 25.2 Å². The third-order valence-electron chi connectivity index (χ3n) is 3.58. The molecule has 2 atom stereocenters. The Morgan fingerprint density at radius 2 is 1.95 bits per heavy atom. The van der Waals surface area contributed by atoms with Crippen LogP contribution in [0.2, 0.25) is 0 Å². The zero-order valence-electron chi connectivity index (χ0n) is 11.7. The van der Waals surface area contributed by atoms with E-state index < -0.39 is 10.0 Å². The van der Waals surface area contributed by atoms with Crippen LogP contribution in [-0.4, -0.2) is 25.8 Å². The Labute approximate surface area is 114 Å². The molecule has 6 heteroatoms. The molecule has 0 saturated carbocycles. The Morgan fingerprint density at radius 1 is 1.37 bits per heavy atom. The maximum Gasteiger partial charge on any atom is 0.246 e. The first-order valence-corrected chi connectivity index (χ1v) is 8.08. The number of aryl methyl sites for hydroxylation is 1. The van der Waals surface area contributed by atoms with Crippen molar-refractivity contribution in [3.05, 3.63) is 17.6 Å². The predicted octanol–water partition coefficient (Wildman–Crippen LogP) is 1.71. The molecule has 2 unspecified atom stereocenters. The number of rotatable bonds is 3. The minimum absolute atomic E-state index is 0.211. The van der Waals surface area contributed by atoms with Crippen LogP contribution in [0.15, 0.2) is 15.4 Å². The summed E-state index contributed by atoms with van der Waals surface area (Å²) in [4.78, 5) is 0.259. The molecule has 0 bridgehead atoms. The topological polar surface area (TPSA) is 76.5 Å². The van der Waals surface area contributed by atoms with Crippen molar-refractivity contribution in [3.8, 4) is 0 Å². The van der Waals surface area contributed by atoms with Gasteiger partial charge in [0.15, 0.2) is 0 Å². The highest BCUT2D eigenvalue weighted by atomic mass is 32.2. The standard InChI is InChI=1S/C13H22N2O3S/c1-9-4-10(2)8-15(7-9)19(16,17)13-5-12(6-14)18-11(13)3/h5,9-10H,4,6-8,14H2,1-3H3. The minimum Gasteiger partial charge on any atom is -0.464 e. The number of furan rings is 1. The van der Waals surface area contributed by atoms with E-state index in [4.69, 9.17) is 10.2 Å². The van der Waals surface area contributed by atoms with Crippen LogP contribution in [0.4, 0.5) is 0 Å². The van der Waals surface area contributed by atoms with E-state index >= 15 is 0 Å². The Morgan fingerprint density at radius 3 is 2.42 bits per heavy atom. The highest BCUT2D eigenvalue weighted by Crippen LogP contribution is 2.29. The normalized spacial score (nSPS) is 25.7. The van der Waals surface area contributed by atoms with Crippen molar-refractivity contribution in [2.75, 3.05) is 13.1 Å². The van der Waals surface area contributed by atoms with E-state index in [-0.39, 0.29) is 11.4 Å². The Kier molecular flexibility index (Phi) is 4.03. The van der Waals surface area contributed by atoms with E-state index in [0.717, 1.165) is 6.42 Å². The molecule has 2 rings (SSSR count). The van der Waals surface area contributed by atoms with Gasteiger partial charge in [-0.1, -0.05) is 13.8 Å². The molecule has 1 fully saturated rings. The van der Waals surface area contributed by atoms with Gasteiger partial charge in [-0.25, -0.2) is 8.42 Å². The van der Waals surface area contributed by atoms with E-state index in [1.807, 2.05) is 0 Å². The molecule has 1 aliphatic heterocycles. The first-order valence-electron chi connectivity index (χ1n) is 6.64. The van der Waals surface area contributed by atoms with Gasteiger partial charge in [0, 0.05) is 19.2 Å². The molecule has 19 heavy (non-hydrogen) atoms. The average Bonchev–Trinajstić information content (AvgIpc) is 2.70. The maximum absolute atomic E-state index is 12.7. The summed E-state index contributed by atoms with van der Waals surface area (Å²) in [5.41, 5.74) is 5.50. The van der Waals surface area contributed by atoms with Gasteiger partial charge in [-0.15, -0.1) is 0 Å². The van der Waals surface area contributed by atoms with Crippen LogP contribution < -0.4 is 5.73 Å². The SMILES string of the molecule is Cc1oc(CN)cc1S(=O)(=O)N1CC(C)CC(C)C1. The fourth-order valence-corrected chi connectivity index (χ4v) is 4.69. The smallest absolute Gasteiger partial charge is 0.246 e. The van der Waals surface area contributed by atoms with Crippen LogP contribution in [0, 0.1) is 18.8 Å². The fourth-order valence-electron chi connectivity index (χ4n) is 2.82. The minimum atomic E-state index is -3.46. The molecule has 0 spiro atoms. The molecule has 2 heterocycles. The number of nitrogens with two attached hydrogens (primary N) is 1. The molecular weight excluding hydrogens is 264 g/mol. The van der Waals surface area contributed by atoms with Crippen LogP contribution in [0.3, 0.4) is 0 Å². The van der Waals surface area contributed by atoms with Crippen molar-refractivity contribution in [2.45, 2.75) is 38.6 Å². The van der Waals surface area contributed by atoms with Crippen molar-refractivity contribution >= 4 is 10.0 Å². The van der Waals surface area contributed by atoms with E-state index in [2.05, 4.69) is 13.8 Å². The van der Waals surface area contributed by atoms with Gasteiger partial charge in [-0.3, -0.25) is 0 Å². The molecule has 0 aliphatic carbocycles. The second-order valence-electron chi connectivity index (χ2n) is 5.61. The molecular formula is C13H22N2O3S. The predicted molar refractivity (Wildman–Crippen MR) is 73.0 cm³/mol. The molecule has 0 amide bonds. The average molecular weight is 286 g/mol. The molecule has 0 radical (unpaired) electrons. The Balaban J connectivity index is 2.33. The number of nitrogens with zero attached hydrogens (tertiary/aromatic N) is 1. The van der Waals surface area contributed by atoms with Gasteiger partial charge >= 0.3 is 0 Å². The van der Waals surface area contributed by atoms with E-state index in [9.17, 15) is 8.42 Å². The van der Waals surface area contributed by atoms with Gasteiger partial charge in [0.25, 0.3) is 0 Å². The van der Waals surface area contributed by atoms with E-state index in [0.29, 0.717) is 36.4 Å². The van der Waals surface area contributed by atoms with Gasteiger partial charge in [-0.2, -0.15) is 4.31 Å². The quantitative estimate of drug-likeness (QED) is 0.917. The summed E-state index contributed by atoms with van der Waals surface area (Å²) in [6.45, 7) is 7.22. The molecule has 1 saturated heterocycles. The Hall–Kier alpha value is -0.850. The van der Waals surface area contributed by atoms with E-state index in [1.165, 1.54) is 0 Å². The fraction of sp³-hybridized carbons (Fsp3) is 0.692. The molecule has 0 aromatic carbocycles. The van der Waals surface area contributed by atoms with Crippen LogP contribution in [0.5, 0.6) is 0 Å². The number of sulfonamides is 1. The van der Waals surface area contributed by atoms with Gasteiger partial charge in [0.2, 0.25) is 10.0 Å². The molecule has 1 aromatic heterocycles. The lowest BCUT2D eigenvalue weighted by Crippen LogP contribution is -2.42. The van der Waals surface area contributed by atoms with Crippen LogP contribution >= 0.6 is 0 Å². The van der Waals surface area contributed by atoms with Crippen LogP contribution in [0.1, 0.15) is 31.8 Å². The third-order valence-corrected chi connectivity index (χ3v) is 5.52. The lowest BCUT2D eigenvalue weighted by molar-refractivity contribution is 0.222. The van der Waals surface area contributed by atoms with Crippen molar-refractivity contribution in [2.24, 2.45) is 17.6 Å². The lowest BCUT2D eigenvalue weighted by Gasteiger charge is -2.33. The van der Waals surface area contributed by atoms with Gasteiger partial charge in [0.05, 0.1) is 6.54 Å². The van der Waals surface area contributed by atoms with Crippen LogP contribution in [0.25, 0.3) is 0 Å². The molecule has 108 valence electrons. The number of piperidine rings is 1. The van der Waals surface area contributed by atoms with Gasteiger partial charge in [0.1, 0.15) is 16.4 Å². The third kappa shape index (κ3) is 2.85. The zero-order valence-corrected chi connectivity index (χ0v) is 12.5. The first-order chi connectivity index (χ1) is 8.84. The summed E-state index contributed by atoms with van der Waals surface area (Å²) in [6, 6.07) is 1.55. The van der Waals surface area contributed by atoms with Crippen molar-refractivity contribution in [3.63, 3.8) is 0 Å². The summed E-state index contributed by atoms with van der Waals surface area (Å²) in [5, 5.41) is 0. The second-order valence-corrected chi connectivity index (χ2v) is 7.51. The van der Waals surface area contributed by atoms with Crippen LogP contribution in [-0.2, 0) is 16.6 Å². The molecule has 1 aromatic rings. The zero-order chi connectivity index (χ0) is 14.2. The second kappa shape index (κ2) is 5.26. The monoisotopic (exact) mass is 286 g/mol. The number of hydrogen-bond donors (Lipinski definition) is 1. The maximum atomic E-state index is 12.7. The largest absolute Gasteiger partial charge is 0.464 e. The summed E-state index contributed by atoms with van der Waals surface area (Å²) >= 11 is 0. The summed E-state index contributed by atoms with van der Waals surface area (Å²) in [6.07, 6.45) is 1.07. The van der Waals surface area contributed by atoms with Crippen molar-refractivity contribution in [1.29, 1.82) is 0 Å². The van der Waals surface area contributed by atoms with Gasteiger partial charge < -0.3 is 10.2 Å². The first kappa shape index (κ1) is 14.6. The summed E-state index contributed by atoms with van der Waals surface area (Å²) in [7, 11) is -3.46. The highest BCUT2D eigenvalue weighted by Gasteiger charge is 2.33.